The molecule has 1 saturated heterocycles. The molecular weight excluding hydrogens is 245 g/mol. The zero-order valence-corrected chi connectivity index (χ0v) is 10.6. The summed E-state index contributed by atoms with van der Waals surface area (Å²) in [7, 11) is 0. The molecule has 3 heterocycles. The SMILES string of the molecule is Fc1ccc(C2CC(Cn3ccnc3)CCO2)cn1. The number of imidazole rings is 1. The average Bonchev–Trinajstić information content (AvgIpc) is 2.93. The quantitative estimate of drug-likeness (QED) is 0.797. The van der Waals surface area contributed by atoms with Gasteiger partial charge in [-0.25, -0.2) is 9.97 Å². The Hall–Kier alpha value is -1.75. The summed E-state index contributed by atoms with van der Waals surface area (Å²) in [5, 5.41) is 0. The second-order valence-corrected chi connectivity index (χ2v) is 4.92. The van der Waals surface area contributed by atoms with E-state index in [1.165, 1.54) is 6.07 Å². The molecule has 100 valence electrons. The van der Waals surface area contributed by atoms with Crippen molar-refractivity contribution in [3.05, 3.63) is 48.6 Å². The minimum absolute atomic E-state index is 0.0235. The summed E-state index contributed by atoms with van der Waals surface area (Å²) in [6.07, 6.45) is 9.18. The summed E-state index contributed by atoms with van der Waals surface area (Å²) in [5.41, 5.74) is 0.955. The number of aromatic nitrogens is 3. The first-order valence-electron chi connectivity index (χ1n) is 6.50. The Bertz CT molecular complexity index is 512. The Balaban J connectivity index is 1.66. The van der Waals surface area contributed by atoms with E-state index in [2.05, 4.69) is 14.5 Å². The molecule has 0 spiro atoms. The molecule has 2 unspecified atom stereocenters. The van der Waals surface area contributed by atoms with E-state index in [-0.39, 0.29) is 6.10 Å². The van der Waals surface area contributed by atoms with Gasteiger partial charge in [-0.2, -0.15) is 4.39 Å². The van der Waals surface area contributed by atoms with E-state index in [9.17, 15) is 4.39 Å². The lowest BCUT2D eigenvalue weighted by Crippen LogP contribution is -2.23. The van der Waals surface area contributed by atoms with E-state index >= 15 is 0 Å². The van der Waals surface area contributed by atoms with Crippen molar-refractivity contribution in [2.45, 2.75) is 25.5 Å². The second-order valence-electron chi connectivity index (χ2n) is 4.92. The van der Waals surface area contributed by atoms with Crippen LogP contribution in [-0.4, -0.2) is 21.1 Å². The summed E-state index contributed by atoms with van der Waals surface area (Å²) >= 11 is 0. The van der Waals surface area contributed by atoms with Crippen molar-refractivity contribution >= 4 is 0 Å². The lowest BCUT2D eigenvalue weighted by atomic mass is 9.92. The molecule has 0 amide bonds. The highest BCUT2D eigenvalue weighted by Gasteiger charge is 2.24. The molecule has 2 atom stereocenters. The Morgan fingerprint density at radius 3 is 3.11 bits per heavy atom. The molecular formula is C14H16FN3O. The van der Waals surface area contributed by atoms with Crippen LogP contribution >= 0.6 is 0 Å². The number of hydrogen-bond acceptors (Lipinski definition) is 3. The van der Waals surface area contributed by atoms with Crippen molar-refractivity contribution in [3.8, 4) is 0 Å². The normalized spacial score (nSPS) is 23.4. The fourth-order valence-corrected chi connectivity index (χ4v) is 2.53. The van der Waals surface area contributed by atoms with Gasteiger partial charge in [0.2, 0.25) is 5.95 Å². The first-order chi connectivity index (χ1) is 9.31. The van der Waals surface area contributed by atoms with Crippen LogP contribution in [0.15, 0.2) is 37.1 Å². The fourth-order valence-electron chi connectivity index (χ4n) is 2.53. The Morgan fingerprint density at radius 1 is 1.42 bits per heavy atom. The Labute approximate surface area is 111 Å². The highest BCUT2D eigenvalue weighted by Crippen LogP contribution is 2.32. The van der Waals surface area contributed by atoms with Crippen LogP contribution in [-0.2, 0) is 11.3 Å². The van der Waals surface area contributed by atoms with Crippen molar-refractivity contribution < 1.29 is 9.13 Å². The van der Waals surface area contributed by atoms with Gasteiger partial charge in [0.25, 0.3) is 0 Å². The van der Waals surface area contributed by atoms with Gasteiger partial charge in [-0.1, -0.05) is 6.07 Å². The molecule has 0 aromatic carbocycles. The molecule has 0 N–H and O–H groups in total. The Morgan fingerprint density at radius 2 is 2.37 bits per heavy atom. The molecule has 4 nitrogen and oxygen atoms in total. The van der Waals surface area contributed by atoms with Crippen molar-refractivity contribution in [2.24, 2.45) is 5.92 Å². The van der Waals surface area contributed by atoms with E-state index in [1.54, 1.807) is 18.5 Å². The third-order valence-corrected chi connectivity index (χ3v) is 3.54. The van der Waals surface area contributed by atoms with Gasteiger partial charge in [0, 0.05) is 31.7 Å². The van der Waals surface area contributed by atoms with Crippen LogP contribution in [0.3, 0.4) is 0 Å². The highest BCUT2D eigenvalue weighted by molar-refractivity contribution is 5.13. The monoisotopic (exact) mass is 261 g/mol. The van der Waals surface area contributed by atoms with Gasteiger partial charge in [-0.15, -0.1) is 0 Å². The van der Waals surface area contributed by atoms with E-state index in [0.29, 0.717) is 5.92 Å². The maximum Gasteiger partial charge on any atom is 0.212 e. The standard InChI is InChI=1S/C14H16FN3O/c15-14-2-1-12(8-17-14)13-7-11(3-6-19-13)9-18-5-4-16-10-18/h1-2,4-5,8,10-11,13H,3,6-7,9H2. The predicted octanol–water partition coefficient (Wildman–Crippen LogP) is 2.59. The van der Waals surface area contributed by atoms with Crippen LogP contribution < -0.4 is 0 Å². The third-order valence-electron chi connectivity index (χ3n) is 3.54. The highest BCUT2D eigenvalue weighted by atomic mass is 19.1. The van der Waals surface area contributed by atoms with Crippen molar-refractivity contribution in [1.82, 2.24) is 14.5 Å². The van der Waals surface area contributed by atoms with Crippen LogP contribution in [0.1, 0.15) is 24.5 Å². The van der Waals surface area contributed by atoms with Gasteiger partial charge in [0.15, 0.2) is 0 Å². The van der Waals surface area contributed by atoms with Gasteiger partial charge in [0.1, 0.15) is 0 Å². The van der Waals surface area contributed by atoms with Crippen LogP contribution in [0.4, 0.5) is 4.39 Å². The smallest absolute Gasteiger partial charge is 0.212 e. The topological polar surface area (TPSA) is 39.9 Å². The number of pyridine rings is 1. The zero-order chi connectivity index (χ0) is 13.1. The van der Waals surface area contributed by atoms with E-state index in [4.69, 9.17) is 4.74 Å². The van der Waals surface area contributed by atoms with E-state index < -0.39 is 5.95 Å². The van der Waals surface area contributed by atoms with Gasteiger partial charge >= 0.3 is 0 Å². The van der Waals surface area contributed by atoms with Crippen LogP contribution in [0.5, 0.6) is 0 Å². The number of ether oxygens (including phenoxy) is 1. The second kappa shape index (κ2) is 5.48. The van der Waals surface area contributed by atoms with Crippen molar-refractivity contribution in [3.63, 3.8) is 0 Å². The van der Waals surface area contributed by atoms with Crippen LogP contribution in [0.25, 0.3) is 0 Å². The number of hydrogen-bond donors (Lipinski definition) is 0. The summed E-state index contributed by atoms with van der Waals surface area (Å²) < 4.78 is 20.7. The Kier molecular flexibility index (Phi) is 3.55. The maximum atomic E-state index is 12.8. The summed E-state index contributed by atoms with van der Waals surface area (Å²) in [4.78, 5) is 7.75. The number of halogens is 1. The first kappa shape index (κ1) is 12.3. The molecule has 1 fully saturated rings. The van der Waals surface area contributed by atoms with Crippen LogP contribution in [0, 0.1) is 11.9 Å². The molecule has 3 rings (SSSR count). The largest absolute Gasteiger partial charge is 0.373 e. The lowest BCUT2D eigenvalue weighted by Gasteiger charge is -2.29. The third kappa shape index (κ3) is 2.98. The van der Waals surface area contributed by atoms with Crippen LogP contribution in [0.2, 0.25) is 0 Å². The van der Waals surface area contributed by atoms with Crippen molar-refractivity contribution in [2.75, 3.05) is 6.61 Å². The fraction of sp³-hybridized carbons (Fsp3) is 0.429. The molecule has 19 heavy (non-hydrogen) atoms. The molecule has 2 aromatic rings. The molecule has 2 aromatic heterocycles. The van der Waals surface area contributed by atoms with Crippen molar-refractivity contribution in [1.29, 1.82) is 0 Å². The average molecular weight is 261 g/mol. The van der Waals surface area contributed by atoms with E-state index in [0.717, 1.165) is 31.6 Å². The molecule has 0 aliphatic carbocycles. The lowest BCUT2D eigenvalue weighted by molar-refractivity contribution is -0.0141. The summed E-state index contributed by atoms with van der Waals surface area (Å²) in [6, 6.07) is 3.14. The molecule has 0 bridgehead atoms. The number of rotatable bonds is 3. The van der Waals surface area contributed by atoms with Gasteiger partial charge in [-0.05, 0) is 30.4 Å². The minimum atomic E-state index is -0.450. The van der Waals surface area contributed by atoms with Gasteiger partial charge in [-0.3, -0.25) is 0 Å². The molecule has 0 radical (unpaired) electrons. The predicted molar refractivity (Wildman–Crippen MR) is 67.8 cm³/mol. The molecule has 5 heteroatoms. The summed E-state index contributed by atoms with van der Waals surface area (Å²) in [6.45, 7) is 1.69. The maximum absolute atomic E-state index is 12.8. The summed E-state index contributed by atoms with van der Waals surface area (Å²) in [5.74, 6) is 0.104. The molecule has 1 aliphatic heterocycles. The minimum Gasteiger partial charge on any atom is -0.373 e. The molecule has 1 aliphatic rings. The van der Waals surface area contributed by atoms with E-state index in [1.807, 2.05) is 12.5 Å². The first-order valence-corrected chi connectivity index (χ1v) is 6.50. The van der Waals surface area contributed by atoms with Gasteiger partial charge in [0.05, 0.1) is 12.4 Å². The molecule has 0 saturated carbocycles. The number of nitrogens with zero attached hydrogens (tertiary/aromatic N) is 3. The zero-order valence-electron chi connectivity index (χ0n) is 10.6. The van der Waals surface area contributed by atoms with Gasteiger partial charge < -0.3 is 9.30 Å².